The number of benzene rings is 1. The highest BCUT2D eigenvalue weighted by Crippen LogP contribution is 2.24. The molecule has 0 amide bonds. The molecule has 1 aromatic rings. The van der Waals surface area contributed by atoms with E-state index in [1.807, 2.05) is 23.9 Å². The smallest absolute Gasteiger partial charge is 0.115 e. The third-order valence-corrected chi connectivity index (χ3v) is 4.25. The molecule has 1 aromatic carbocycles. The van der Waals surface area contributed by atoms with E-state index in [0.717, 1.165) is 25.1 Å². The molecule has 0 bridgehead atoms. The van der Waals surface area contributed by atoms with E-state index >= 15 is 0 Å². The largest absolute Gasteiger partial charge is 0.508 e. The Morgan fingerprint density at radius 3 is 2.37 bits per heavy atom. The van der Waals surface area contributed by atoms with Crippen molar-refractivity contribution in [1.29, 1.82) is 0 Å². The summed E-state index contributed by atoms with van der Waals surface area (Å²) < 4.78 is 0.307. The Balaban J connectivity index is 2.55. The van der Waals surface area contributed by atoms with Crippen LogP contribution in [0.5, 0.6) is 5.75 Å². The third kappa shape index (κ3) is 7.48. The first-order chi connectivity index (χ1) is 8.90. The lowest BCUT2D eigenvalue weighted by atomic mass is 10.1. The molecule has 0 spiro atoms. The van der Waals surface area contributed by atoms with E-state index in [4.69, 9.17) is 0 Å². The topological polar surface area (TPSA) is 32.3 Å². The number of rotatable bonds is 7. The van der Waals surface area contributed by atoms with Crippen LogP contribution < -0.4 is 5.32 Å². The van der Waals surface area contributed by atoms with Crippen molar-refractivity contribution in [3.8, 4) is 5.75 Å². The lowest BCUT2D eigenvalue weighted by molar-refractivity contribution is 0.474. The average molecular weight is 281 g/mol. The molecule has 2 N–H and O–H groups in total. The predicted octanol–water partition coefficient (Wildman–Crippen LogP) is 3.83. The second-order valence-corrected chi connectivity index (χ2v) is 7.79. The maximum atomic E-state index is 9.32. The summed E-state index contributed by atoms with van der Waals surface area (Å²) in [6, 6.07) is 8.05. The Kier molecular flexibility index (Phi) is 6.73. The fourth-order valence-electron chi connectivity index (χ4n) is 1.81. The standard InChI is InChI=1S/C16H27NOS/c1-5-10-17-14(12-19-16(2,3)4)11-13-6-8-15(18)9-7-13/h6-9,14,17-18H,5,10-12H2,1-4H3. The minimum Gasteiger partial charge on any atom is -0.508 e. The maximum Gasteiger partial charge on any atom is 0.115 e. The van der Waals surface area contributed by atoms with Crippen LogP contribution in [0.3, 0.4) is 0 Å². The molecule has 108 valence electrons. The van der Waals surface area contributed by atoms with Crippen LogP contribution in [0.1, 0.15) is 39.7 Å². The zero-order valence-electron chi connectivity index (χ0n) is 12.6. The molecule has 1 rings (SSSR count). The van der Waals surface area contributed by atoms with Gasteiger partial charge in [-0.15, -0.1) is 0 Å². The molecule has 0 aliphatic rings. The van der Waals surface area contributed by atoms with Crippen LogP contribution in [0.25, 0.3) is 0 Å². The SMILES string of the molecule is CCCNC(CSC(C)(C)C)Cc1ccc(O)cc1. The Morgan fingerprint density at radius 1 is 1.21 bits per heavy atom. The summed E-state index contributed by atoms with van der Waals surface area (Å²) in [6.45, 7) is 10.0. The van der Waals surface area contributed by atoms with Crippen molar-refractivity contribution in [1.82, 2.24) is 5.32 Å². The van der Waals surface area contributed by atoms with Crippen LogP contribution in [0.4, 0.5) is 0 Å². The summed E-state index contributed by atoms with van der Waals surface area (Å²) in [5.41, 5.74) is 1.28. The number of phenols is 1. The van der Waals surface area contributed by atoms with Gasteiger partial charge in [-0.3, -0.25) is 0 Å². The van der Waals surface area contributed by atoms with Gasteiger partial charge in [-0.1, -0.05) is 39.8 Å². The highest BCUT2D eigenvalue weighted by molar-refractivity contribution is 8.00. The highest BCUT2D eigenvalue weighted by atomic mass is 32.2. The number of phenolic OH excluding ortho intramolecular Hbond substituents is 1. The molecular formula is C16H27NOS. The zero-order chi connectivity index (χ0) is 14.3. The van der Waals surface area contributed by atoms with Gasteiger partial charge in [-0.2, -0.15) is 11.8 Å². The summed E-state index contributed by atoms with van der Waals surface area (Å²) in [7, 11) is 0. The molecule has 0 saturated carbocycles. The Hall–Kier alpha value is -0.670. The van der Waals surface area contributed by atoms with Crippen LogP contribution in [-0.4, -0.2) is 28.2 Å². The van der Waals surface area contributed by atoms with Crippen molar-refractivity contribution in [2.24, 2.45) is 0 Å². The minimum atomic E-state index is 0.307. The number of hydrogen-bond donors (Lipinski definition) is 2. The van der Waals surface area contributed by atoms with Crippen LogP contribution in [0.2, 0.25) is 0 Å². The summed E-state index contributed by atoms with van der Waals surface area (Å²) in [5.74, 6) is 1.45. The first kappa shape index (κ1) is 16.4. The van der Waals surface area contributed by atoms with Crippen LogP contribution in [0.15, 0.2) is 24.3 Å². The first-order valence-electron chi connectivity index (χ1n) is 7.06. The van der Waals surface area contributed by atoms with Crippen molar-refractivity contribution in [2.75, 3.05) is 12.3 Å². The fraction of sp³-hybridized carbons (Fsp3) is 0.625. The van der Waals surface area contributed by atoms with E-state index in [1.165, 1.54) is 5.56 Å². The molecule has 0 aliphatic heterocycles. The second kappa shape index (κ2) is 7.81. The Bertz CT molecular complexity index is 356. The molecule has 1 unspecified atom stereocenters. The molecular weight excluding hydrogens is 254 g/mol. The van der Waals surface area contributed by atoms with Gasteiger partial charge in [0.05, 0.1) is 0 Å². The quantitative estimate of drug-likeness (QED) is 0.796. The van der Waals surface area contributed by atoms with Gasteiger partial charge in [0.2, 0.25) is 0 Å². The van der Waals surface area contributed by atoms with E-state index in [1.54, 1.807) is 12.1 Å². The Morgan fingerprint density at radius 2 is 1.84 bits per heavy atom. The van der Waals surface area contributed by atoms with Gasteiger partial charge < -0.3 is 10.4 Å². The molecule has 0 saturated heterocycles. The van der Waals surface area contributed by atoms with Crippen LogP contribution in [0, 0.1) is 0 Å². The molecule has 0 radical (unpaired) electrons. The average Bonchev–Trinajstić information content (AvgIpc) is 2.34. The molecule has 0 aromatic heterocycles. The van der Waals surface area contributed by atoms with Crippen LogP contribution >= 0.6 is 11.8 Å². The molecule has 3 heteroatoms. The number of nitrogens with one attached hydrogen (secondary N) is 1. The van der Waals surface area contributed by atoms with Crippen molar-refractivity contribution in [2.45, 2.75) is 51.3 Å². The second-order valence-electron chi connectivity index (χ2n) is 5.94. The van der Waals surface area contributed by atoms with Crippen molar-refractivity contribution in [3.05, 3.63) is 29.8 Å². The predicted molar refractivity (Wildman–Crippen MR) is 86.1 cm³/mol. The fourth-order valence-corrected chi connectivity index (χ4v) is 2.74. The summed E-state index contributed by atoms with van der Waals surface area (Å²) in [4.78, 5) is 0. The lowest BCUT2D eigenvalue weighted by Gasteiger charge is -2.24. The lowest BCUT2D eigenvalue weighted by Crippen LogP contribution is -2.35. The molecule has 0 heterocycles. The highest BCUT2D eigenvalue weighted by Gasteiger charge is 2.15. The van der Waals surface area contributed by atoms with Crippen LogP contribution in [-0.2, 0) is 6.42 Å². The summed E-state index contributed by atoms with van der Waals surface area (Å²) in [6.07, 6.45) is 2.18. The van der Waals surface area contributed by atoms with Gasteiger partial charge in [-0.05, 0) is 37.1 Å². The number of thioether (sulfide) groups is 1. The van der Waals surface area contributed by atoms with Gasteiger partial charge in [0, 0.05) is 16.5 Å². The first-order valence-corrected chi connectivity index (χ1v) is 8.04. The van der Waals surface area contributed by atoms with Gasteiger partial charge in [0.1, 0.15) is 5.75 Å². The van der Waals surface area contributed by atoms with Gasteiger partial charge in [0.25, 0.3) is 0 Å². The van der Waals surface area contributed by atoms with E-state index < -0.39 is 0 Å². The van der Waals surface area contributed by atoms with E-state index in [0.29, 0.717) is 16.5 Å². The molecule has 0 fully saturated rings. The van der Waals surface area contributed by atoms with Gasteiger partial charge in [0.15, 0.2) is 0 Å². The summed E-state index contributed by atoms with van der Waals surface area (Å²) in [5, 5.41) is 12.9. The van der Waals surface area contributed by atoms with Gasteiger partial charge in [-0.25, -0.2) is 0 Å². The summed E-state index contributed by atoms with van der Waals surface area (Å²) >= 11 is 2.00. The molecule has 2 nitrogen and oxygen atoms in total. The van der Waals surface area contributed by atoms with E-state index in [2.05, 4.69) is 33.0 Å². The monoisotopic (exact) mass is 281 g/mol. The van der Waals surface area contributed by atoms with Gasteiger partial charge >= 0.3 is 0 Å². The Labute approximate surface area is 122 Å². The van der Waals surface area contributed by atoms with Crippen molar-refractivity contribution in [3.63, 3.8) is 0 Å². The normalized spacial score (nSPS) is 13.5. The number of hydrogen-bond acceptors (Lipinski definition) is 3. The van der Waals surface area contributed by atoms with Crippen molar-refractivity contribution < 1.29 is 5.11 Å². The van der Waals surface area contributed by atoms with E-state index in [9.17, 15) is 5.11 Å². The minimum absolute atomic E-state index is 0.307. The number of aromatic hydroxyl groups is 1. The van der Waals surface area contributed by atoms with Crippen molar-refractivity contribution >= 4 is 11.8 Å². The van der Waals surface area contributed by atoms with E-state index in [-0.39, 0.29) is 0 Å². The zero-order valence-corrected chi connectivity index (χ0v) is 13.4. The molecule has 0 aliphatic carbocycles. The molecule has 1 atom stereocenters. The third-order valence-electron chi connectivity index (χ3n) is 2.82. The maximum absolute atomic E-state index is 9.32. The molecule has 19 heavy (non-hydrogen) atoms.